The smallest absolute Gasteiger partial charge is 0.164 e. The first-order valence-corrected chi connectivity index (χ1v) is 20.4. The van der Waals surface area contributed by atoms with Crippen LogP contribution in [0.15, 0.2) is 179 Å². The van der Waals surface area contributed by atoms with Gasteiger partial charge in [0.25, 0.3) is 0 Å². The fourth-order valence-electron chi connectivity index (χ4n) is 9.88. The van der Waals surface area contributed by atoms with Gasteiger partial charge in [0.05, 0.1) is 11.0 Å². The molecule has 12 aromatic rings. The van der Waals surface area contributed by atoms with Crippen LogP contribution >= 0.6 is 0 Å². The Bertz CT molecular complexity index is 3760. The van der Waals surface area contributed by atoms with E-state index in [-0.39, 0.29) is 5.41 Å². The number of nitrogens with zero attached hydrogens (tertiary/aromatic N) is 4. The van der Waals surface area contributed by atoms with Crippen molar-refractivity contribution in [2.45, 2.75) is 19.3 Å². The minimum atomic E-state index is -0.0856. The Labute approximate surface area is 344 Å². The van der Waals surface area contributed by atoms with E-state index in [2.05, 4.69) is 115 Å². The Kier molecular flexibility index (Phi) is 6.69. The van der Waals surface area contributed by atoms with Crippen LogP contribution in [0.2, 0.25) is 0 Å². The monoisotopic (exact) mass is 770 g/mol. The van der Waals surface area contributed by atoms with Gasteiger partial charge >= 0.3 is 0 Å². The predicted molar refractivity (Wildman–Crippen MR) is 243 cm³/mol. The fraction of sp³-hybridized carbons (Fsp3) is 0.0556. The molecule has 0 saturated carbocycles. The van der Waals surface area contributed by atoms with E-state index in [1.165, 1.54) is 38.5 Å². The second-order valence-electron chi connectivity index (χ2n) is 16.3. The molecule has 8 aromatic carbocycles. The second kappa shape index (κ2) is 12.1. The van der Waals surface area contributed by atoms with Gasteiger partial charge in [0.1, 0.15) is 22.3 Å². The maximum absolute atomic E-state index is 6.74. The van der Waals surface area contributed by atoms with Crippen LogP contribution < -0.4 is 0 Å². The van der Waals surface area contributed by atoms with Gasteiger partial charge in [-0.25, -0.2) is 15.0 Å². The van der Waals surface area contributed by atoms with Crippen molar-refractivity contribution in [2.24, 2.45) is 0 Å². The molecule has 0 radical (unpaired) electrons. The molecule has 6 nitrogen and oxygen atoms in total. The number of aromatic nitrogens is 4. The fourth-order valence-corrected chi connectivity index (χ4v) is 9.88. The summed E-state index contributed by atoms with van der Waals surface area (Å²) in [5.41, 5.74) is 14.6. The lowest BCUT2D eigenvalue weighted by Gasteiger charge is -2.21. The summed E-state index contributed by atoms with van der Waals surface area (Å²) in [6.07, 6.45) is 0. The van der Waals surface area contributed by atoms with Crippen molar-refractivity contribution in [1.29, 1.82) is 0 Å². The summed E-state index contributed by atoms with van der Waals surface area (Å²) < 4.78 is 15.3. The zero-order valence-corrected chi connectivity index (χ0v) is 32.8. The highest BCUT2D eigenvalue weighted by Crippen LogP contribution is 2.53. The molecular weight excluding hydrogens is 737 g/mol. The number of fused-ring (bicyclic) bond motifs is 13. The zero-order valence-electron chi connectivity index (χ0n) is 32.8. The average molecular weight is 771 g/mol. The Balaban J connectivity index is 1.00. The van der Waals surface area contributed by atoms with E-state index >= 15 is 0 Å². The molecule has 0 amide bonds. The number of rotatable bonds is 4. The molecule has 0 unspecified atom stereocenters. The van der Waals surface area contributed by atoms with E-state index in [4.69, 9.17) is 23.8 Å². The molecule has 0 fully saturated rings. The van der Waals surface area contributed by atoms with Crippen molar-refractivity contribution in [1.82, 2.24) is 19.5 Å². The van der Waals surface area contributed by atoms with Crippen molar-refractivity contribution in [3.8, 4) is 51.0 Å². The van der Waals surface area contributed by atoms with Crippen molar-refractivity contribution in [3.05, 3.63) is 181 Å². The highest BCUT2D eigenvalue weighted by molar-refractivity contribution is 6.18. The third-order valence-corrected chi connectivity index (χ3v) is 12.7. The van der Waals surface area contributed by atoms with Crippen molar-refractivity contribution in [2.75, 3.05) is 0 Å². The van der Waals surface area contributed by atoms with E-state index in [1.807, 2.05) is 72.8 Å². The summed E-state index contributed by atoms with van der Waals surface area (Å²) >= 11 is 0. The summed E-state index contributed by atoms with van der Waals surface area (Å²) in [6, 6.07) is 59.3. The topological polar surface area (TPSA) is 69.9 Å². The summed E-state index contributed by atoms with van der Waals surface area (Å²) in [5, 5.41) is 6.56. The quantitative estimate of drug-likeness (QED) is 0.178. The SMILES string of the molecule is CC1(C)c2ccccc2-c2c1ccc1c2c2ccccc2n1-c1ccc2c(c1)oc1cccc(-c3nc(-c4ccccc4)nc(-c4ccc5oc6ccccc6c5c4)n3)c12. The van der Waals surface area contributed by atoms with Gasteiger partial charge in [-0.2, -0.15) is 0 Å². The van der Waals surface area contributed by atoms with Crippen LogP contribution in [0.1, 0.15) is 25.0 Å². The van der Waals surface area contributed by atoms with E-state index in [0.717, 1.165) is 71.8 Å². The lowest BCUT2D eigenvalue weighted by Crippen LogP contribution is -2.14. The third kappa shape index (κ3) is 4.61. The van der Waals surface area contributed by atoms with Gasteiger partial charge < -0.3 is 13.4 Å². The highest BCUT2D eigenvalue weighted by atomic mass is 16.3. The van der Waals surface area contributed by atoms with E-state index in [9.17, 15) is 0 Å². The maximum atomic E-state index is 6.74. The molecular formula is C54H34N4O2. The van der Waals surface area contributed by atoms with E-state index < -0.39 is 0 Å². The number of benzene rings is 8. The molecule has 0 spiro atoms. The molecule has 13 rings (SSSR count). The molecule has 0 atom stereocenters. The molecule has 4 aromatic heterocycles. The Hall–Kier alpha value is -7.83. The van der Waals surface area contributed by atoms with Gasteiger partial charge in [0.2, 0.25) is 0 Å². The van der Waals surface area contributed by atoms with E-state index in [1.54, 1.807) is 0 Å². The first-order valence-electron chi connectivity index (χ1n) is 20.4. The van der Waals surface area contributed by atoms with Crippen LogP contribution in [0.4, 0.5) is 0 Å². The Morgan fingerprint density at radius 3 is 2.02 bits per heavy atom. The van der Waals surface area contributed by atoms with Crippen molar-refractivity contribution >= 4 is 65.7 Å². The summed E-state index contributed by atoms with van der Waals surface area (Å²) in [7, 11) is 0. The minimum absolute atomic E-state index is 0.0856. The zero-order chi connectivity index (χ0) is 39.7. The maximum Gasteiger partial charge on any atom is 0.164 e. The second-order valence-corrected chi connectivity index (χ2v) is 16.3. The summed E-state index contributed by atoms with van der Waals surface area (Å²) in [6.45, 7) is 4.68. The standard InChI is InChI=1S/C54H34N4O2/c1-54(2)40-19-9-6-16-35(40)49-41(54)26-27-43-50(49)36-17-7-10-20-42(36)58(43)33-24-25-37-47(30-33)60-46-22-12-18-38(48(37)46)53-56-51(31-13-4-3-5-14-31)55-52(57-53)32-23-28-45-39(29-32)34-15-8-11-21-44(34)59-45/h3-30H,1-2H3. The van der Waals surface area contributed by atoms with E-state index in [0.29, 0.717) is 17.5 Å². The van der Waals surface area contributed by atoms with Gasteiger partial charge in [0, 0.05) is 66.2 Å². The van der Waals surface area contributed by atoms with Crippen molar-refractivity contribution in [3.63, 3.8) is 0 Å². The first-order chi connectivity index (χ1) is 29.5. The molecule has 0 N–H and O–H groups in total. The molecule has 60 heavy (non-hydrogen) atoms. The lowest BCUT2D eigenvalue weighted by atomic mass is 9.82. The molecule has 0 bridgehead atoms. The predicted octanol–water partition coefficient (Wildman–Crippen LogP) is 14.1. The highest BCUT2D eigenvalue weighted by Gasteiger charge is 2.37. The van der Waals surface area contributed by atoms with Crippen LogP contribution in [-0.2, 0) is 5.41 Å². The largest absolute Gasteiger partial charge is 0.456 e. The normalized spacial score (nSPS) is 13.3. The minimum Gasteiger partial charge on any atom is -0.456 e. The van der Waals surface area contributed by atoms with Gasteiger partial charge in [-0.1, -0.05) is 123 Å². The molecule has 6 heteroatoms. The number of para-hydroxylation sites is 2. The molecule has 4 heterocycles. The van der Waals surface area contributed by atoms with Crippen LogP contribution in [0, 0.1) is 0 Å². The Morgan fingerprint density at radius 1 is 0.417 bits per heavy atom. The Morgan fingerprint density at radius 2 is 1.12 bits per heavy atom. The molecule has 0 saturated heterocycles. The van der Waals surface area contributed by atoms with Crippen molar-refractivity contribution < 1.29 is 8.83 Å². The number of furan rings is 2. The third-order valence-electron chi connectivity index (χ3n) is 12.7. The van der Waals surface area contributed by atoms with Crippen LogP contribution in [-0.4, -0.2) is 19.5 Å². The molecule has 282 valence electrons. The molecule has 1 aliphatic rings. The van der Waals surface area contributed by atoms with Gasteiger partial charge in [-0.05, 0) is 76.9 Å². The van der Waals surface area contributed by atoms with Gasteiger partial charge in [-0.3, -0.25) is 0 Å². The summed E-state index contributed by atoms with van der Waals surface area (Å²) in [5.74, 6) is 1.76. The average Bonchev–Trinajstić information content (AvgIpc) is 4.02. The van der Waals surface area contributed by atoms with Gasteiger partial charge in [0.15, 0.2) is 17.5 Å². The number of hydrogen-bond acceptors (Lipinski definition) is 5. The molecule has 1 aliphatic carbocycles. The molecule has 0 aliphatic heterocycles. The van der Waals surface area contributed by atoms with Crippen LogP contribution in [0.5, 0.6) is 0 Å². The summed E-state index contributed by atoms with van der Waals surface area (Å²) in [4.78, 5) is 15.4. The van der Waals surface area contributed by atoms with Crippen LogP contribution in [0.3, 0.4) is 0 Å². The first kappa shape index (κ1) is 33.2. The van der Waals surface area contributed by atoms with Crippen LogP contribution in [0.25, 0.3) is 117 Å². The van der Waals surface area contributed by atoms with Gasteiger partial charge in [-0.15, -0.1) is 0 Å². The lowest BCUT2D eigenvalue weighted by molar-refractivity contribution is 0.661. The number of hydrogen-bond donors (Lipinski definition) is 0.